The van der Waals surface area contributed by atoms with Crippen LogP contribution in [0.1, 0.15) is 36.7 Å². The van der Waals surface area contributed by atoms with Gasteiger partial charge < -0.3 is 4.52 Å². The molecule has 0 aliphatic carbocycles. The summed E-state index contributed by atoms with van der Waals surface area (Å²) >= 11 is 0. The van der Waals surface area contributed by atoms with Crippen LogP contribution in [0.4, 0.5) is 0 Å². The van der Waals surface area contributed by atoms with Crippen molar-refractivity contribution in [3.63, 3.8) is 0 Å². The van der Waals surface area contributed by atoms with Gasteiger partial charge in [0.1, 0.15) is 0 Å². The molecule has 0 aliphatic rings. The molecule has 0 amide bonds. The van der Waals surface area contributed by atoms with Gasteiger partial charge in [-0.3, -0.25) is 0 Å². The lowest BCUT2D eigenvalue weighted by molar-refractivity contribution is 0.425. The summed E-state index contributed by atoms with van der Waals surface area (Å²) in [6.45, 7) is 8.32. The number of benzene rings is 1. The highest BCUT2D eigenvalue weighted by atomic mass is 16.5. The summed E-state index contributed by atoms with van der Waals surface area (Å²) in [4.78, 5) is 4.22. The molecule has 0 spiro atoms. The lowest BCUT2D eigenvalue weighted by Gasteiger charge is -2.09. The maximum atomic E-state index is 5.14. The second kappa shape index (κ2) is 4.08. The van der Waals surface area contributed by atoms with Crippen LogP contribution < -0.4 is 0 Å². The van der Waals surface area contributed by atoms with Gasteiger partial charge in [0.15, 0.2) is 5.82 Å². The van der Waals surface area contributed by atoms with Gasteiger partial charge in [0.2, 0.25) is 0 Å². The number of rotatable bonds is 2. The molecular weight excluding hydrogens is 200 g/mol. The van der Waals surface area contributed by atoms with E-state index in [0.29, 0.717) is 17.6 Å². The first-order valence-electron chi connectivity index (χ1n) is 5.49. The van der Waals surface area contributed by atoms with Crippen LogP contribution in [-0.4, -0.2) is 10.1 Å². The van der Waals surface area contributed by atoms with Crippen LogP contribution in [-0.2, 0) is 0 Å². The Kier molecular flexibility index (Phi) is 2.77. The van der Waals surface area contributed by atoms with Crippen molar-refractivity contribution in [3.8, 4) is 11.5 Å². The highest BCUT2D eigenvalue weighted by molar-refractivity contribution is 5.55. The smallest absolute Gasteiger partial charge is 0.257 e. The van der Waals surface area contributed by atoms with E-state index >= 15 is 0 Å². The van der Waals surface area contributed by atoms with Gasteiger partial charge in [-0.15, -0.1) is 0 Å². The standard InChI is InChI=1S/C13H16N2O/c1-8(2)12-6-5-11(7-9(12)3)13-14-10(4)15-16-13/h5-8H,1-4H3. The van der Waals surface area contributed by atoms with Crippen LogP contribution in [0.15, 0.2) is 22.7 Å². The number of aromatic nitrogens is 2. The molecule has 0 saturated carbocycles. The van der Waals surface area contributed by atoms with E-state index in [0.717, 1.165) is 5.56 Å². The van der Waals surface area contributed by atoms with E-state index in [2.05, 4.69) is 43.0 Å². The Morgan fingerprint density at radius 2 is 1.94 bits per heavy atom. The van der Waals surface area contributed by atoms with Crippen LogP contribution >= 0.6 is 0 Å². The highest BCUT2D eigenvalue weighted by Crippen LogP contribution is 2.24. The van der Waals surface area contributed by atoms with Crippen molar-refractivity contribution in [2.45, 2.75) is 33.6 Å². The minimum Gasteiger partial charge on any atom is -0.334 e. The molecule has 0 aliphatic heterocycles. The van der Waals surface area contributed by atoms with Crippen LogP contribution in [0.5, 0.6) is 0 Å². The lowest BCUT2D eigenvalue weighted by Crippen LogP contribution is -1.92. The first kappa shape index (κ1) is 10.9. The summed E-state index contributed by atoms with van der Waals surface area (Å²) in [5.74, 6) is 1.80. The lowest BCUT2D eigenvalue weighted by atomic mass is 9.96. The first-order valence-corrected chi connectivity index (χ1v) is 5.49. The largest absolute Gasteiger partial charge is 0.334 e. The maximum absolute atomic E-state index is 5.14. The molecule has 1 aromatic carbocycles. The minimum atomic E-state index is 0.540. The Hall–Kier alpha value is -1.64. The van der Waals surface area contributed by atoms with Gasteiger partial charge in [-0.2, -0.15) is 4.98 Å². The Morgan fingerprint density at radius 3 is 2.44 bits per heavy atom. The predicted octanol–water partition coefficient (Wildman–Crippen LogP) is 3.48. The highest BCUT2D eigenvalue weighted by Gasteiger charge is 2.09. The molecule has 0 bridgehead atoms. The average Bonchev–Trinajstić information content (AvgIpc) is 2.64. The zero-order valence-corrected chi connectivity index (χ0v) is 10.1. The van der Waals surface area contributed by atoms with E-state index in [1.165, 1.54) is 11.1 Å². The van der Waals surface area contributed by atoms with Crippen molar-refractivity contribution < 1.29 is 4.52 Å². The summed E-state index contributed by atoms with van der Waals surface area (Å²) < 4.78 is 5.14. The molecule has 3 heteroatoms. The summed E-state index contributed by atoms with van der Waals surface area (Å²) in [6, 6.07) is 6.27. The Balaban J connectivity index is 2.42. The van der Waals surface area contributed by atoms with Gasteiger partial charge in [0.25, 0.3) is 5.89 Å². The van der Waals surface area contributed by atoms with E-state index in [1.54, 1.807) is 0 Å². The van der Waals surface area contributed by atoms with E-state index < -0.39 is 0 Å². The van der Waals surface area contributed by atoms with Crippen molar-refractivity contribution >= 4 is 0 Å². The zero-order valence-electron chi connectivity index (χ0n) is 10.1. The zero-order chi connectivity index (χ0) is 11.7. The number of hydrogen-bond donors (Lipinski definition) is 0. The molecule has 2 aromatic rings. The van der Waals surface area contributed by atoms with Gasteiger partial charge in [-0.25, -0.2) is 0 Å². The molecule has 1 heterocycles. The van der Waals surface area contributed by atoms with E-state index in [9.17, 15) is 0 Å². The van der Waals surface area contributed by atoms with Crippen LogP contribution in [0.25, 0.3) is 11.5 Å². The van der Waals surface area contributed by atoms with Crippen molar-refractivity contribution in [1.82, 2.24) is 10.1 Å². The monoisotopic (exact) mass is 216 g/mol. The molecule has 0 N–H and O–H groups in total. The van der Waals surface area contributed by atoms with Crippen molar-refractivity contribution in [2.24, 2.45) is 0 Å². The third kappa shape index (κ3) is 1.98. The van der Waals surface area contributed by atoms with Crippen molar-refractivity contribution in [2.75, 3.05) is 0 Å². The molecule has 0 unspecified atom stereocenters. The topological polar surface area (TPSA) is 38.9 Å². The number of nitrogens with zero attached hydrogens (tertiary/aromatic N) is 2. The van der Waals surface area contributed by atoms with Crippen molar-refractivity contribution in [1.29, 1.82) is 0 Å². The second-order valence-corrected chi connectivity index (χ2v) is 4.37. The van der Waals surface area contributed by atoms with Gasteiger partial charge in [0.05, 0.1) is 0 Å². The maximum Gasteiger partial charge on any atom is 0.257 e. The van der Waals surface area contributed by atoms with Gasteiger partial charge >= 0.3 is 0 Å². The van der Waals surface area contributed by atoms with Gasteiger partial charge in [-0.05, 0) is 43.0 Å². The molecule has 16 heavy (non-hydrogen) atoms. The van der Waals surface area contributed by atoms with Crippen LogP contribution in [0.2, 0.25) is 0 Å². The third-order valence-electron chi connectivity index (χ3n) is 2.67. The molecular formula is C13H16N2O. The SMILES string of the molecule is Cc1noc(-c2ccc(C(C)C)c(C)c2)n1. The first-order chi connectivity index (χ1) is 7.58. The molecule has 0 atom stereocenters. The summed E-state index contributed by atoms with van der Waals surface area (Å²) in [5.41, 5.74) is 3.62. The van der Waals surface area contributed by atoms with E-state index in [4.69, 9.17) is 4.52 Å². The molecule has 2 rings (SSSR count). The van der Waals surface area contributed by atoms with E-state index in [1.807, 2.05) is 13.0 Å². The van der Waals surface area contributed by atoms with Gasteiger partial charge in [0, 0.05) is 5.56 Å². The predicted molar refractivity (Wildman–Crippen MR) is 63.3 cm³/mol. The summed E-state index contributed by atoms with van der Waals surface area (Å²) in [5, 5.41) is 3.79. The fourth-order valence-corrected chi connectivity index (χ4v) is 1.87. The quantitative estimate of drug-likeness (QED) is 0.771. The fourth-order valence-electron chi connectivity index (χ4n) is 1.87. The van der Waals surface area contributed by atoms with Crippen LogP contribution in [0.3, 0.4) is 0 Å². The minimum absolute atomic E-state index is 0.540. The molecule has 0 saturated heterocycles. The molecule has 3 nitrogen and oxygen atoms in total. The normalized spacial score (nSPS) is 11.1. The number of aryl methyl sites for hydroxylation is 2. The molecule has 1 aromatic heterocycles. The second-order valence-electron chi connectivity index (χ2n) is 4.37. The fraction of sp³-hybridized carbons (Fsp3) is 0.385. The van der Waals surface area contributed by atoms with Crippen LogP contribution in [0, 0.1) is 13.8 Å². The van der Waals surface area contributed by atoms with Gasteiger partial charge in [-0.1, -0.05) is 25.1 Å². The third-order valence-corrected chi connectivity index (χ3v) is 2.67. The molecule has 84 valence electrons. The average molecular weight is 216 g/mol. The summed E-state index contributed by atoms with van der Waals surface area (Å²) in [6.07, 6.45) is 0. The number of hydrogen-bond acceptors (Lipinski definition) is 3. The van der Waals surface area contributed by atoms with Crippen molar-refractivity contribution in [3.05, 3.63) is 35.2 Å². The Bertz CT molecular complexity index is 500. The molecule has 0 fully saturated rings. The summed E-state index contributed by atoms with van der Waals surface area (Å²) in [7, 11) is 0. The Labute approximate surface area is 95.5 Å². The van der Waals surface area contributed by atoms with E-state index in [-0.39, 0.29) is 0 Å². The molecule has 0 radical (unpaired) electrons. The Morgan fingerprint density at radius 1 is 1.19 bits per heavy atom.